The van der Waals surface area contributed by atoms with Crippen molar-refractivity contribution in [3.63, 3.8) is 0 Å². The quantitative estimate of drug-likeness (QED) is 0.652. The molecular weight excluding hydrogens is 210 g/mol. The third-order valence-corrected chi connectivity index (χ3v) is 3.06. The predicted octanol–water partition coefficient (Wildman–Crippen LogP) is 3.38. The van der Waals surface area contributed by atoms with Crippen molar-refractivity contribution in [1.82, 2.24) is 4.57 Å². The molecule has 1 heterocycles. The van der Waals surface area contributed by atoms with Gasteiger partial charge in [-0.05, 0) is 19.1 Å². The van der Waals surface area contributed by atoms with Gasteiger partial charge >= 0.3 is 0 Å². The van der Waals surface area contributed by atoms with Crippen LogP contribution >= 0.6 is 0 Å². The van der Waals surface area contributed by atoms with Crippen molar-refractivity contribution in [3.8, 4) is 0 Å². The number of benzene rings is 2. The Kier molecular flexibility index (Phi) is 2.22. The van der Waals surface area contributed by atoms with Gasteiger partial charge in [0.15, 0.2) is 0 Å². The highest BCUT2D eigenvalue weighted by Crippen LogP contribution is 2.28. The average Bonchev–Trinajstić information content (AvgIpc) is 2.65. The number of carbonyl (C=O) groups excluding carboxylic acids is 1. The summed E-state index contributed by atoms with van der Waals surface area (Å²) >= 11 is 0. The molecule has 0 N–H and O–H groups in total. The Bertz CT molecular complexity index is 656. The van der Waals surface area contributed by atoms with Crippen LogP contribution in [0.3, 0.4) is 0 Å². The van der Waals surface area contributed by atoms with Gasteiger partial charge in [-0.3, -0.25) is 4.79 Å². The second-order valence-corrected chi connectivity index (χ2v) is 4.32. The Morgan fingerprint density at radius 2 is 1.41 bits per heavy atom. The van der Waals surface area contributed by atoms with E-state index in [2.05, 4.69) is 28.8 Å². The zero-order chi connectivity index (χ0) is 11.8. The first-order valence-corrected chi connectivity index (χ1v) is 5.73. The van der Waals surface area contributed by atoms with Crippen molar-refractivity contribution in [2.75, 3.05) is 0 Å². The molecule has 0 spiro atoms. The highest BCUT2D eigenvalue weighted by atomic mass is 16.1. The lowest BCUT2D eigenvalue weighted by Crippen LogP contribution is -2.05. The third kappa shape index (κ3) is 1.53. The van der Waals surface area contributed by atoms with Crippen LogP contribution in [-0.4, -0.2) is 10.4 Å². The zero-order valence-corrected chi connectivity index (χ0v) is 9.68. The lowest BCUT2D eigenvalue weighted by molar-refractivity contribution is -0.117. The molecule has 0 aliphatic heterocycles. The van der Waals surface area contributed by atoms with Gasteiger partial charge in [0, 0.05) is 21.8 Å². The van der Waals surface area contributed by atoms with Crippen LogP contribution < -0.4 is 0 Å². The number of carbonyl (C=O) groups is 1. The maximum absolute atomic E-state index is 11.4. The van der Waals surface area contributed by atoms with E-state index in [1.165, 1.54) is 10.8 Å². The lowest BCUT2D eigenvalue weighted by atomic mass is 10.2. The van der Waals surface area contributed by atoms with Gasteiger partial charge in [-0.15, -0.1) is 0 Å². The number of Topliss-reactive ketones (excluding diaryl/α,β-unsaturated/α-hetero) is 1. The zero-order valence-electron chi connectivity index (χ0n) is 9.68. The first-order chi connectivity index (χ1) is 8.27. The molecule has 0 saturated carbocycles. The number of para-hydroxylation sites is 2. The minimum Gasteiger partial charge on any atom is -0.333 e. The van der Waals surface area contributed by atoms with Crippen LogP contribution in [0.25, 0.3) is 21.8 Å². The Labute approximate surface area is 99.5 Å². The minimum atomic E-state index is 0.177. The molecule has 3 aromatic rings. The van der Waals surface area contributed by atoms with E-state index >= 15 is 0 Å². The van der Waals surface area contributed by atoms with E-state index < -0.39 is 0 Å². The fraction of sp³-hybridized carbons (Fsp3) is 0.133. The van der Waals surface area contributed by atoms with Crippen LogP contribution in [0.5, 0.6) is 0 Å². The number of rotatable bonds is 2. The van der Waals surface area contributed by atoms with Crippen LogP contribution in [0.15, 0.2) is 48.5 Å². The molecule has 0 bridgehead atoms. The maximum atomic E-state index is 11.4. The standard InChI is InChI=1S/C15H13NO/c1-11(17)10-16-14-8-4-2-6-12(14)13-7-3-5-9-15(13)16/h2-9H,10H2,1H3. The van der Waals surface area contributed by atoms with Gasteiger partial charge in [0.25, 0.3) is 0 Å². The summed E-state index contributed by atoms with van der Waals surface area (Å²) in [6.07, 6.45) is 0. The lowest BCUT2D eigenvalue weighted by Gasteiger charge is -2.03. The smallest absolute Gasteiger partial charge is 0.149 e. The molecule has 0 saturated heterocycles. The van der Waals surface area contributed by atoms with Crippen molar-refractivity contribution in [1.29, 1.82) is 0 Å². The monoisotopic (exact) mass is 223 g/mol. The molecule has 84 valence electrons. The summed E-state index contributed by atoms with van der Waals surface area (Å²) in [4.78, 5) is 11.4. The molecule has 2 aromatic carbocycles. The first kappa shape index (κ1) is 10.1. The summed E-state index contributed by atoms with van der Waals surface area (Å²) in [5.74, 6) is 0.177. The maximum Gasteiger partial charge on any atom is 0.149 e. The minimum absolute atomic E-state index is 0.177. The summed E-state index contributed by atoms with van der Waals surface area (Å²) in [7, 11) is 0. The van der Waals surface area contributed by atoms with E-state index in [9.17, 15) is 4.79 Å². The van der Waals surface area contributed by atoms with Gasteiger partial charge < -0.3 is 4.57 Å². The van der Waals surface area contributed by atoms with Crippen molar-refractivity contribution in [2.24, 2.45) is 0 Å². The topological polar surface area (TPSA) is 22.0 Å². The molecule has 0 aliphatic rings. The van der Waals surface area contributed by atoms with Gasteiger partial charge in [0.05, 0.1) is 6.54 Å². The number of ketones is 1. The molecule has 0 radical (unpaired) electrons. The van der Waals surface area contributed by atoms with E-state index in [4.69, 9.17) is 0 Å². The van der Waals surface area contributed by atoms with Crippen LogP contribution in [-0.2, 0) is 11.3 Å². The van der Waals surface area contributed by atoms with Crippen LogP contribution in [0.1, 0.15) is 6.92 Å². The van der Waals surface area contributed by atoms with Crippen molar-refractivity contribution >= 4 is 27.6 Å². The predicted molar refractivity (Wildman–Crippen MR) is 70.1 cm³/mol. The summed E-state index contributed by atoms with van der Waals surface area (Å²) in [6.45, 7) is 2.07. The molecule has 0 atom stereocenters. The van der Waals surface area contributed by atoms with E-state index in [1.54, 1.807) is 6.92 Å². The molecule has 1 aromatic heterocycles. The second kappa shape index (κ2) is 3.74. The van der Waals surface area contributed by atoms with Gasteiger partial charge in [-0.1, -0.05) is 36.4 Å². The molecule has 2 heteroatoms. The van der Waals surface area contributed by atoms with Crippen LogP contribution in [0.4, 0.5) is 0 Å². The van der Waals surface area contributed by atoms with Crippen molar-refractivity contribution in [3.05, 3.63) is 48.5 Å². The third-order valence-electron chi connectivity index (χ3n) is 3.06. The number of hydrogen-bond donors (Lipinski definition) is 0. The van der Waals surface area contributed by atoms with Crippen molar-refractivity contribution < 1.29 is 4.79 Å². The van der Waals surface area contributed by atoms with Crippen molar-refractivity contribution in [2.45, 2.75) is 13.5 Å². The van der Waals surface area contributed by atoms with E-state index in [0.717, 1.165) is 11.0 Å². The van der Waals surface area contributed by atoms with E-state index in [0.29, 0.717) is 6.54 Å². The average molecular weight is 223 g/mol. The highest BCUT2D eigenvalue weighted by molar-refractivity contribution is 6.08. The Morgan fingerprint density at radius 3 is 1.88 bits per heavy atom. The molecule has 3 rings (SSSR count). The normalized spacial score (nSPS) is 11.1. The molecule has 17 heavy (non-hydrogen) atoms. The van der Waals surface area contributed by atoms with Gasteiger partial charge in [-0.25, -0.2) is 0 Å². The Balaban J connectivity index is 2.45. The summed E-state index contributed by atoms with van der Waals surface area (Å²) < 4.78 is 2.09. The SMILES string of the molecule is CC(=O)Cn1c2ccccc2c2ccccc21. The van der Waals surface area contributed by atoms with Gasteiger partial charge in [0.2, 0.25) is 0 Å². The molecular formula is C15H13NO. The molecule has 0 fully saturated rings. The van der Waals surface area contributed by atoms with Gasteiger partial charge in [-0.2, -0.15) is 0 Å². The summed E-state index contributed by atoms with van der Waals surface area (Å²) in [6, 6.07) is 16.4. The summed E-state index contributed by atoms with van der Waals surface area (Å²) in [5.41, 5.74) is 2.26. The van der Waals surface area contributed by atoms with Gasteiger partial charge in [0.1, 0.15) is 5.78 Å². The fourth-order valence-corrected chi connectivity index (χ4v) is 2.40. The Morgan fingerprint density at radius 1 is 0.941 bits per heavy atom. The second-order valence-electron chi connectivity index (χ2n) is 4.32. The largest absolute Gasteiger partial charge is 0.333 e. The first-order valence-electron chi connectivity index (χ1n) is 5.73. The van der Waals surface area contributed by atoms with Crippen LogP contribution in [0, 0.1) is 0 Å². The number of hydrogen-bond acceptors (Lipinski definition) is 1. The molecule has 0 amide bonds. The summed E-state index contributed by atoms with van der Waals surface area (Å²) in [5, 5.41) is 2.42. The van der Waals surface area contributed by atoms with E-state index in [-0.39, 0.29) is 5.78 Å². The fourth-order valence-electron chi connectivity index (χ4n) is 2.40. The number of aromatic nitrogens is 1. The number of fused-ring (bicyclic) bond motifs is 3. The molecule has 0 unspecified atom stereocenters. The van der Waals surface area contributed by atoms with E-state index in [1.807, 2.05) is 24.3 Å². The van der Waals surface area contributed by atoms with Crippen LogP contribution in [0.2, 0.25) is 0 Å². The Hall–Kier alpha value is -2.09. The molecule has 0 aliphatic carbocycles. The highest BCUT2D eigenvalue weighted by Gasteiger charge is 2.09. The number of nitrogens with zero attached hydrogens (tertiary/aromatic N) is 1. The molecule has 2 nitrogen and oxygen atoms in total.